The Morgan fingerprint density at radius 1 is 0.667 bits per heavy atom. The van der Waals surface area contributed by atoms with Crippen LogP contribution in [-0.4, -0.2) is 9.55 Å². The molecule has 0 amide bonds. The van der Waals surface area contributed by atoms with Gasteiger partial charge in [-0.1, -0.05) is 79.9 Å². The summed E-state index contributed by atoms with van der Waals surface area (Å²) in [6, 6.07) is 29.1. The molecule has 2 heteroatoms. The largest absolute Gasteiger partial charge is 0.292 e. The average molecular weight is 348 g/mol. The molecule has 2 nitrogen and oxygen atoms in total. The van der Waals surface area contributed by atoms with Gasteiger partial charge in [-0.15, -0.1) is 0 Å². The highest BCUT2D eigenvalue weighted by Crippen LogP contribution is 2.30. The molecule has 27 heavy (non-hydrogen) atoms. The lowest BCUT2D eigenvalue weighted by atomic mass is 10.0. The highest BCUT2D eigenvalue weighted by Gasteiger charge is 2.16. The van der Waals surface area contributed by atoms with Crippen molar-refractivity contribution in [2.24, 2.45) is 0 Å². The van der Waals surface area contributed by atoms with Crippen LogP contribution >= 0.6 is 0 Å². The molecule has 0 fully saturated rings. The normalized spacial score (nSPS) is 10.5. The summed E-state index contributed by atoms with van der Waals surface area (Å²) in [4.78, 5) is 4.85. The second-order valence-corrected chi connectivity index (χ2v) is 6.23. The second kappa shape index (κ2) is 7.30. The molecule has 3 aromatic carbocycles. The summed E-state index contributed by atoms with van der Waals surface area (Å²) in [6.45, 7) is 7.91. The molecule has 4 aromatic rings. The second-order valence-electron chi connectivity index (χ2n) is 6.23. The van der Waals surface area contributed by atoms with Gasteiger partial charge in [0.1, 0.15) is 5.82 Å². The molecule has 0 aliphatic carbocycles. The molecule has 1 aromatic heterocycles. The van der Waals surface area contributed by atoms with Gasteiger partial charge in [0.15, 0.2) is 0 Å². The summed E-state index contributed by atoms with van der Waals surface area (Å²) in [6.07, 6.45) is 3.61. The Bertz CT molecular complexity index is 1090. The van der Waals surface area contributed by atoms with Crippen molar-refractivity contribution in [3.05, 3.63) is 109 Å². The number of hydrogen-bond donors (Lipinski definition) is 0. The topological polar surface area (TPSA) is 17.8 Å². The summed E-state index contributed by atoms with van der Waals surface area (Å²) in [5.74, 6) is 0.879. The van der Waals surface area contributed by atoms with Gasteiger partial charge in [-0.3, -0.25) is 4.57 Å². The van der Waals surface area contributed by atoms with Crippen LogP contribution in [0, 0.1) is 0 Å². The van der Waals surface area contributed by atoms with Crippen LogP contribution in [0.2, 0.25) is 0 Å². The van der Waals surface area contributed by atoms with E-state index in [0.29, 0.717) is 0 Å². The highest BCUT2D eigenvalue weighted by molar-refractivity contribution is 5.74. The number of hydrogen-bond acceptors (Lipinski definition) is 1. The molecule has 0 saturated heterocycles. The number of para-hydroxylation sites is 1. The molecule has 0 bridgehead atoms. The molecule has 130 valence electrons. The van der Waals surface area contributed by atoms with E-state index in [4.69, 9.17) is 4.98 Å². The predicted octanol–water partition coefficient (Wildman–Crippen LogP) is 6.49. The third kappa shape index (κ3) is 3.13. The first-order valence-electron chi connectivity index (χ1n) is 8.90. The number of imidazole rings is 1. The third-order valence-electron chi connectivity index (χ3n) is 4.57. The van der Waals surface area contributed by atoms with Gasteiger partial charge in [-0.2, -0.15) is 0 Å². The van der Waals surface area contributed by atoms with E-state index in [2.05, 4.69) is 78.4 Å². The molecule has 0 unspecified atom stereocenters. The van der Waals surface area contributed by atoms with E-state index >= 15 is 0 Å². The van der Waals surface area contributed by atoms with Crippen LogP contribution in [0.5, 0.6) is 0 Å². The molecular weight excluding hydrogens is 328 g/mol. The first kappa shape index (κ1) is 16.8. The Hall–Kier alpha value is -3.65. The van der Waals surface area contributed by atoms with Crippen LogP contribution in [-0.2, 0) is 0 Å². The van der Waals surface area contributed by atoms with Gasteiger partial charge in [0, 0.05) is 11.3 Å². The van der Waals surface area contributed by atoms with Crippen molar-refractivity contribution >= 4 is 12.2 Å². The van der Waals surface area contributed by atoms with Crippen molar-refractivity contribution in [3.8, 4) is 28.2 Å². The molecule has 0 atom stereocenters. The Balaban J connectivity index is 1.94. The van der Waals surface area contributed by atoms with Crippen molar-refractivity contribution in [2.45, 2.75) is 0 Å². The summed E-state index contributed by atoms with van der Waals surface area (Å²) in [5, 5.41) is 0. The molecule has 0 N–H and O–H groups in total. The minimum absolute atomic E-state index is 0.828. The smallest absolute Gasteiger partial charge is 0.145 e. The maximum Gasteiger partial charge on any atom is 0.145 e. The first-order valence-corrected chi connectivity index (χ1v) is 8.90. The number of aromatic nitrogens is 2. The number of nitrogens with zero attached hydrogens (tertiary/aromatic N) is 2. The molecular formula is C25H20N2. The Morgan fingerprint density at radius 2 is 1.30 bits per heavy atom. The van der Waals surface area contributed by atoms with Gasteiger partial charge < -0.3 is 0 Å². The summed E-state index contributed by atoms with van der Waals surface area (Å²) in [7, 11) is 0. The molecule has 0 saturated carbocycles. The van der Waals surface area contributed by atoms with Gasteiger partial charge in [0.05, 0.1) is 11.4 Å². The Morgan fingerprint density at radius 3 is 1.96 bits per heavy atom. The first-order chi connectivity index (χ1) is 13.3. The third-order valence-corrected chi connectivity index (χ3v) is 4.57. The van der Waals surface area contributed by atoms with Gasteiger partial charge in [-0.05, 0) is 41.5 Å². The number of rotatable bonds is 5. The Labute approximate surface area is 159 Å². The van der Waals surface area contributed by atoms with Crippen molar-refractivity contribution in [1.82, 2.24) is 9.55 Å². The Kier molecular flexibility index (Phi) is 4.54. The predicted molar refractivity (Wildman–Crippen MR) is 115 cm³/mol. The van der Waals surface area contributed by atoms with Crippen LogP contribution in [0.1, 0.15) is 11.4 Å². The van der Waals surface area contributed by atoms with Crippen LogP contribution in [0.4, 0.5) is 0 Å². The van der Waals surface area contributed by atoms with E-state index in [-0.39, 0.29) is 0 Å². The maximum absolute atomic E-state index is 4.85. The molecule has 0 aliphatic heterocycles. The van der Waals surface area contributed by atoms with E-state index < -0.39 is 0 Å². The van der Waals surface area contributed by atoms with E-state index in [1.54, 1.807) is 6.08 Å². The van der Waals surface area contributed by atoms with Crippen molar-refractivity contribution in [2.75, 3.05) is 0 Å². The van der Waals surface area contributed by atoms with Crippen molar-refractivity contribution in [3.63, 3.8) is 0 Å². The summed E-state index contributed by atoms with van der Waals surface area (Å²) >= 11 is 0. The fourth-order valence-electron chi connectivity index (χ4n) is 3.30. The lowest BCUT2D eigenvalue weighted by molar-refractivity contribution is 1.05. The molecule has 1 heterocycles. The monoisotopic (exact) mass is 348 g/mol. The summed E-state index contributed by atoms with van der Waals surface area (Å²) < 4.78 is 2.13. The van der Waals surface area contributed by atoms with Gasteiger partial charge in [-0.25, -0.2) is 4.98 Å². The zero-order chi connectivity index (χ0) is 18.6. The van der Waals surface area contributed by atoms with E-state index in [9.17, 15) is 0 Å². The minimum Gasteiger partial charge on any atom is -0.292 e. The minimum atomic E-state index is 0.828. The highest BCUT2D eigenvalue weighted by atomic mass is 15.1. The van der Waals surface area contributed by atoms with Crippen LogP contribution in [0.25, 0.3) is 40.4 Å². The zero-order valence-electron chi connectivity index (χ0n) is 15.0. The fourth-order valence-corrected chi connectivity index (χ4v) is 3.30. The average Bonchev–Trinajstić information content (AvgIpc) is 3.14. The molecule has 0 aliphatic rings. The van der Waals surface area contributed by atoms with Gasteiger partial charge in [0.25, 0.3) is 0 Å². The SMILES string of the molecule is C=Cc1nc(-c2cccc(-c3ccccc3)c2)n(-c2ccccc2)c1C=C. The molecule has 0 spiro atoms. The number of benzene rings is 3. The van der Waals surface area contributed by atoms with E-state index in [0.717, 1.165) is 34.0 Å². The van der Waals surface area contributed by atoms with Crippen LogP contribution < -0.4 is 0 Å². The van der Waals surface area contributed by atoms with Gasteiger partial charge >= 0.3 is 0 Å². The van der Waals surface area contributed by atoms with E-state index in [1.165, 1.54) is 5.56 Å². The van der Waals surface area contributed by atoms with Crippen LogP contribution in [0.15, 0.2) is 98.1 Å². The van der Waals surface area contributed by atoms with Crippen molar-refractivity contribution in [1.29, 1.82) is 0 Å². The van der Waals surface area contributed by atoms with Crippen molar-refractivity contribution < 1.29 is 0 Å². The lowest BCUT2D eigenvalue weighted by Gasteiger charge is -2.11. The van der Waals surface area contributed by atoms with E-state index in [1.807, 2.05) is 30.3 Å². The van der Waals surface area contributed by atoms with Gasteiger partial charge in [0.2, 0.25) is 0 Å². The fraction of sp³-hybridized carbons (Fsp3) is 0. The standard InChI is InChI=1S/C25H20N2/c1-3-23-24(4-2)27(22-16-9-6-10-17-22)25(26-23)21-15-11-14-20(18-21)19-12-7-5-8-13-19/h3-18H,1-2H2. The molecule has 0 radical (unpaired) electrons. The zero-order valence-corrected chi connectivity index (χ0v) is 15.0. The van der Waals surface area contributed by atoms with Crippen LogP contribution in [0.3, 0.4) is 0 Å². The maximum atomic E-state index is 4.85. The molecule has 4 rings (SSSR count). The quantitative estimate of drug-likeness (QED) is 0.403. The lowest BCUT2D eigenvalue weighted by Crippen LogP contribution is -1.99. The summed E-state index contributed by atoms with van der Waals surface area (Å²) in [5.41, 5.74) is 6.22.